The van der Waals surface area contributed by atoms with Crippen molar-refractivity contribution in [2.24, 2.45) is 0 Å². The first-order chi connectivity index (χ1) is 9.75. The molecule has 1 aromatic carbocycles. The molecule has 0 atom stereocenters. The highest BCUT2D eigenvalue weighted by Crippen LogP contribution is 2.25. The van der Waals surface area contributed by atoms with E-state index in [-0.39, 0.29) is 11.7 Å². The number of nitrogens with zero attached hydrogens (tertiary/aromatic N) is 1. The van der Waals surface area contributed by atoms with E-state index >= 15 is 0 Å². The van der Waals surface area contributed by atoms with Gasteiger partial charge >= 0.3 is 0 Å². The van der Waals surface area contributed by atoms with Crippen LogP contribution in [-0.2, 0) is 12.8 Å². The van der Waals surface area contributed by atoms with E-state index in [0.717, 1.165) is 11.4 Å². The van der Waals surface area contributed by atoms with Gasteiger partial charge in [0.05, 0.1) is 0 Å². The first-order valence-corrected chi connectivity index (χ1v) is 6.67. The molecule has 1 aliphatic rings. The molecule has 0 spiro atoms. The normalized spacial score (nSPS) is 13.3. The van der Waals surface area contributed by atoms with E-state index in [2.05, 4.69) is 15.3 Å². The van der Waals surface area contributed by atoms with Crippen molar-refractivity contribution >= 4 is 11.7 Å². The van der Waals surface area contributed by atoms with E-state index in [1.54, 1.807) is 30.6 Å². The largest absolute Gasteiger partial charge is 0.352 e. The van der Waals surface area contributed by atoms with E-state index in [4.69, 9.17) is 0 Å². The molecule has 2 aromatic rings. The van der Waals surface area contributed by atoms with Crippen LogP contribution >= 0.6 is 0 Å². The van der Waals surface area contributed by atoms with Crippen molar-refractivity contribution in [3.05, 3.63) is 53.1 Å². The van der Waals surface area contributed by atoms with Crippen LogP contribution in [0.25, 0.3) is 0 Å². The number of carbonyl (C=O) groups excluding carboxylic acids is 2. The van der Waals surface area contributed by atoms with Crippen molar-refractivity contribution in [1.82, 2.24) is 15.3 Å². The number of aromatic amines is 1. The summed E-state index contributed by atoms with van der Waals surface area (Å²) in [4.78, 5) is 30.9. The molecule has 1 heterocycles. The molecule has 3 rings (SSSR count). The summed E-state index contributed by atoms with van der Waals surface area (Å²) in [5, 5.41) is 2.87. The summed E-state index contributed by atoms with van der Waals surface area (Å²) in [5.74, 6) is 0.854. The van der Waals surface area contributed by atoms with Gasteiger partial charge in [0.15, 0.2) is 5.78 Å². The van der Waals surface area contributed by atoms with Crippen molar-refractivity contribution in [3.8, 4) is 0 Å². The number of amides is 1. The second-order valence-corrected chi connectivity index (χ2v) is 4.80. The smallest absolute Gasteiger partial charge is 0.251 e. The summed E-state index contributed by atoms with van der Waals surface area (Å²) in [6.45, 7) is 0.518. The maximum absolute atomic E-state index is 12.2. The number of imidazole rings is 1. The lowest BCUT2D eigenvalue weighted by molar-refractivity contribution is 0.0952. The van der Waals surface area contributed by atoms with Crippen molar-refractivity contribution in [1.29, 1.82) is 0 Å². The minimum Gasteiger partial charge on any atom is -0.352 e. The van der Waals surface area contributed by atoms with Crippen LogP contribution in [-0.4, -0.2) is 28.2 Å². The monoisotopic (exact) mass is 269 g/mol. The molecule has 102 valence electrons. The number of rotatable bonds is 4. The second-order valence-electron chi connectivity index (χ2n) is 4.80. The Morgan fingerprint density at radius 3 is 3.05 bits per heavy atom. The molecule has 20 heavy (non-hydrogen) atoms. The predicted molar refractivity (Wildman–Crippen MR) is 73.7 cm³/mol. The molecule has 0 bridgehead atoms. The first kappa shape index (κ1) is 12.6. The fraction of sp³-hybridized carbons (Fsp3) is 0.267. The van der Waals surface area contributed by atoms with Crippen LogP contribution in [0, 0.1) is 0 Å². The molecule has 0 aliphatic heterocycles. The molecule has 0 radical (unpaired) electrons. The van der Waals surface area contributed by atoms with E-state index in [9.17, 15) is 9.59 Å². The standard InChI is InChI=1S/C15H15N3O2/c19-13-5-4-10-11(13)2-1-3-12(10)15(20)18-7-6-14-16-8-9-17-14/h1-3,8-9H,4-7H2,(H,16,17)(H,18,20). The summed E-state index contributed by atoms with van der Waals surface area (Å²) in [7, 11) is 0. The van der Waals surface area contributed by atoms with E-state index in [1.165, 1.54) is 0 Å². The Hall–Kier alpha value is -2.43. The van der Waals surface area contributed by atoms with Crippen LogP contribution in [0.5, 0.6) is 0 Å². The molecule has 1 aromatic heterocycles. The Labute approximate surface area is 116 Å². The van der Waals surface area contributed by atoms with E-state index in [1.807, 2.05) is 0 Å². The summed E-state index contributed by atoms with van der Waals surface area (Å²) in [6.07, 6.45) is 5.27. The number of aromatic nitrogens is 2. The van der Waals surface area contributed by atoms with Gasteiger partial charge in [0.2, 0.25) is 0 Å². The highest BCUT2D eigenvalue weighted by atomic mass is 16.1. The Bertz CT molecular complexity index is 647. The average molecular weight is 269 g/mol. The Balaban J connectivity index is 1.67. The third-order valence-electron chi connectivity index (χ3n) is 3.53. The molecule has 5 heteroatoms. The number of benzene rings is 1. The predicted octanol–water partition coefficient (Wildman–Crippen LogP) is 1.51. The number of nitrogens with one attached hydrogen (secondary N) is 2. The number of Topliss-reactive ketones (excluding diaryl/α,β-unsaturated/α-hetero) is 1. The fourth-order valence-corrected chi connectivity index (χ4v) is 2.53. The summed E-state index contributed by atoms with van der Waals surface area (Å²) in [5.41, 5.74) is 2.20. The van der Waals surface area contributed by atoms with Gasteiger partial charge in [0.25, 0.3) is 5.91 Å². The minimum atomic E-state index is -0.122. The van der Waals surface area contributed by atoms with Gasteiger partial charge < -0.3 is 10.3 Å². The van der Waals surface area contributed by atoms with Gasteiger partial charge in [-0.3, -0.25) is 9.59 Å². The minimum absolute atomic E-state index is 0.122. The SMILES string of the molecule is O=C1CCc2c1cccc2C(=O)NCCc1ncc[nH]1. The van der Waals surface area contributed by atoms with Gasteiger partial charge in [-0.2, -0.15) is 0 Å². The van der Waals surface area contributed by atoms with Gasteiger partial charge in [0.1, 0.15) is 5.82 Å². The van der Waals surface area contributed by atoms with Crippen LogP contribution < -0.4 is 5.32 Å². The molecule has 5 nitrogen and oxygen atoms in total. The molecule has 0 saturated carbocycles. The molecule has 2 N–H and O–H groups in total. The van der Waals surface area contributed by atoms with Crippen LogP contribution in [0.2, 0.25) is 0 Å². The zero-order chi connectivity index (χ0) is 13.9. The zero-order valence-electron chi connectivity index (χ0n) is 11.0. The Morgan fingerprint density at radius 1 is 1.35 bits per heavy atom. The first-order valence-electron chi connectivity index (χ1n) is 6.67. The number of ketones is 1. The van der Waals surface area contributed by atoms with Crippen LogP contribution in [0.4, 0.5) is 0 Å². The van der Waals surface area contributed by atoms with Crippen molar-refractivity contribution in [2.45, 2.75) is 19.3 Å². The molecule has 0 fully saturated rings. The number of hydrogen-bond donors (Lipinski definition) is 2. The van der Waals surface area contributed by atoms with E-state index < -0.39 is 0 Å². The lowest BCUT2D eigenvalue weighted by Crippen LogP contribution is -2.27. The quantitative estimate of drug-likeness (QED) is 0.883. The molecular formula is C15H15N3O2. The van der Waals surface area contributed by atoms with Crippen LogP contribution in [0.15, 0.2) is 30.6 Å². The fourth-order valence-electron chi connectivity index (χ4n) is 2.53. The van der Waals surface area contributed by atoms with Gasteiger partial charge in [0, 0.05) is 42.9 Å². The number of fused-ring (bicyclic) bond motifs is 1. The summed E-state index contributed by atoms with van der Waals surface area (Å²) < 4.78 is 0. The maximum Gasteiger partial charge on any atom is 0.251 e. The van der Waals surface area contributed by atoms with Gasteiger partial charge in [-0.05, 0) is 18.1 Å². The zero-order valence-corrected chi connectivity index (χ0v) is 11.0. The third kappa shape index (κ3) is 2.34. The van der Waals surface area contributed by atoms with Gasteiger partial charge in [-0.1, -0.05) is 12.1 Å². The Kier molecular flexibility index (Phi) is 3.33. The highest BCUT2D eigenvalue weighted by Gasteiger charge is 2.24. The topological polar surface area (TPSA) is 74.8 Å². The number of carbonyl (C=O) groups is 2. The molecule has 1 amide bonds. The maximum atomic E-state index is 12.2. The number of hydrogen-bond acceptors (Lipinski definition) is 3. The summed E-state index contributed by atoms with van der Waals surface area (Å²) >= 11 is 0. The van der Waals surface area contributed by atoms with Crippen molar-refractivity contribution < 1.29 is 9.59 Å². The van der Waals surface area contributed by atoms with Gasteiger partial charge in [-0.25, -0.2) is 4.98 Å². The summed E-state index contributed by atoms with van der Waals surface area (Å²) in [6, 6.07) is 5.34. The number of H-pyrrole nitrogens is 1. The van der Waals surface area contributed by atoms with Crippen LogP contribution in [0.3, 0.4) is 0 Å². The van der Waals surface area contributed by atoms with Crippen molar-refractivity contribution in [2.75, 3.05) is 6.54 Å². The lowest BCUT2D eigenvalue weighted by atomic mass is 10.0. The molecule has 1 aliphatic carbocycles. The van der Waals surface area contributed by atoms with Crippen molar-refractivity contribution in [3.63, 3.8) is 0 Å². The van der Waals surface area contributed by atoms with E-state index in [0.29, 0.717) is 36.9 Å². The average Bonchev–Trinajstić information content (AvgIpc) is 3.09. The molecular weight excluding hydrogens is 254 g/mol. The highest BCUT2D eigenvalue weighted by molar-refractivity contribution is 6.05. The second kappa shape index (κ2) is 5.28. The molecule has 0 unspecified atom stereocenters. The van der Waals surface area contributed by atoms with Crippen LogP contribution in [0.1, 0.15) is 38.5 Å². The molecule has 0 saturated heterocycles. The lowest BCUT2D eigenvalue weighted by Gasteiger charge is -2.08. The Morgan fingerprint density at radius 2 is 2.25 bits per heavy atom. The third-order valence-corrected chi connectivity index (χ3v) is 3.53. The van der Waals surface area contributed by atoms with Gasteiger partial charge in [-0.15, -0.1) is 0 Å².